The third-order valence-corrected chi connectivity index (χ3v) is 2.24. The molecule has 0 amide bonds. The average Bonchev–Trinajstić information content (AvgIpc) is 1.88. The van der Waals surface area contributed by atoms with Crippen LogP contribution >= 0.6 is 0 Å². The van der Waals surface area contributed by atoms with Crippen molar-refractivity contribution in [1.82, 2.24) is 0 Å². The number of hydrogen-bond acceptors (Lipinski definition) is 1. The fourth-order valence-corrected chi connectivity index (χ4v) is 1.65. The third kappa shape index (κ3) is 1.52. The van der Waals surface area contributed by atoms with Crippen molar-refractivity contribution in [3.05, 3.63) is 0 Å². The first kappa shape index (κ1) is 7.63. The van der Waals surface area contributed by atoms with Crippen molar-refractivity contribution in [1.29, 1.82) is 0 Å². The second-order valence-electron chi connectivity index (χ2n) is 3.38. The molecule has 56 valence electrons. The van der Waals surface area contributed by atoms with Crippen molar-refractivity contribution < 1.29 is 5.11 Å². The van der Waals surface area contributed by atoms with Gasteiger partial charge in [-0.25, -0.2) is 0 Å². The summed E-state index contributed by atoms with van der Waals surface area (Å²) < 4.78 is 0. The number of aliphatic hydroxyl groups is 1. The van der Waals surface area contributed by atoms with Gasteiger partial charge in [0.2, 0.25) is 0 Å². The van der Waals surface area contributed by atoms with Gasteiger partial charge in [0.1, 0.15) is 5.60 Å². The average molecular weight is 138 g/mol. The van der Waals surface area contributed by atoms with Crippen LogP contribution in [0.5, 0.6) is 0 Å². The molecule has 1 aliphatic rings. The quantitative estimate of drug-likeness (QED) is 0.504. The van der Waals surface area contributed by atoms with Gasteiger partial charge in [0.25, 0.3) is 0 Å². The van der Waals surface area contributed by atoms with Gasteiger partial charge in [-0.15, -0.1) is 6.42 Å². The second-order valence-corrected chi connectivity index (χ2v) is 3.38. The highest BCUT2D eigenvalue weighted by Crippen LogP contribution is 2.31. The minimum Gasteiger partial charge on any atom is -0.378 e. The molecule has 0 spiro atoms. The predicted octanol–water partition coefficient (Wildman–Crippen LogP) is 1.56. The van der Waals surface area contributed by atoms with Crippen molar-refractivity contribution in [2.75, 3.05) is 0 Å². The molecule has 0 aromatic rings. The molecular weight excluding hydrogens is 124 g/mol. The van der Waals surface area contributed by atoms with E-state index in [-0.39, 0.29) is 0 Å². The van der Waals surface area contributed by atoms with Crippen LogP contribution in [0.4, 0.5) is 0 Å². The lowest BCUT2D eigenvalue weighted by atomic mass is 9.79. The summed E-state index contributed by atoms with van der Waals surface area (Å²) in [5.74, 6) is 3.06. The van der Waals surface area contributed by atoms with Crippen LogP contribution in [0.25, 0.3) is 0 Å². The first-order valence-corrected chi connectivity index (χ1v) is 3.86. The Labute approximate surface area is 62.4 Å². The lowest BCUT2D eigenvalue weighted by Crippen LogP contribution is -2.32. The van der Waals surface area contributed by atoms with Crippen molar-refractivity contribution >= 4 is 0 Å². The molecule has 1 fully saturated rings. The molecule has 1 nitrogen and oxygen atoms in total. The van der Waals surface area contributed by atoms with E-state index in [1.807, 2.05) is 0 Å². The van der Waals surface area contributed by atoms with Crippen LogP contribution in [0.2, 0.25) is 0 Å². The zero-order valence-corrected chi connectivity index (χ0v) is 6.43. The zero-order chi connectivity index (χ0) is 7.61. The van der Waals surface area contributed by atoms with Crippen molar-refractivity contribution in [3.8, 4) is 12.3 Å². The summed E-state index contributed by atoms with van der Waals surface area (Å²) in [4.78, 5) is 0. The summed E-state index contributed by atoms with van der Waals surface area (Å²) in [5, 5.41) is 9.61. The minimum absolute atomic E-state index is 0.592. The van der Waals surface area contributed by atoms with Gasteiger partial charge in [0, 0.05) is 0 Å². The highest BCUT2D eigenvalue weighted by atomic mass is 16.3. The van der Waals surface area contributed by atoms with Crippen LogP contribution in [-0.2, 0) is 0 Å². The van der Waals surface area contributed by atoms with Crippen LogP contribution in [0, 0.1) is 18.3 Å². The Balaban J connectivity index is 2.56. The van der Waals surface area contributed by atoms with E-state index < -0.39 is 5.60 Å². The molecule has 0 aromatic carbocycles. The van der Waals surface area contributed by atoms with E-state index in [2.05, 4.69) is 12.8 Å². The van der Waals surface area contributed by atoms with Crippen molar-refractivity contribution in [2.45, 2.75) is 38.2 Å². The molecule has 0 unspecified atom stereocenters. The van der Waals surface area contributed by atoms with Gasteiger partial charge in [-0.05, 0) is 25.2 Å². The summed E-state index contributed by atoms with van der Waals surface area (Å²) in [7, 11) is 0. The molecule has 2 atom stereocenters. The van der Waals surface area contributed by atoms with Gasteiger partial charge in [-0.2, -0.15) is 0 Å². The number of rotatable bonds is 0. The molecule has 0 radical (unpaired) electrons. The molecule has 1 aliphatic carbocycles. The molecule has 0 aliphatic heterocycles. The molecule has 1 rings (SSSR count). The fourth-order valence-electron chi connectivity index (χ4n) is 1.65. The van der Waals surface area contributed by atoms with Crippen LogP contribution in [0.3, 0.4) is 0 Å². The molecule has 1 N–H and O–H groups in total. The van der Waals surface area contributed by atoms with Gasteiger partial charge in [-0.3, -0.25) is 0 Å². The van der Waals surface area contributed by atoms with Crippen LogP contribution in [0.15, 0.2) is 0 Å². The van der Waals surface area contributed by atoms with E-state index >= 15 is 0 Å². The van der Waals surface area contributed by atoms with Gasteiger partial charge < -0.3 is 5.11 Å². The maximum atomic E-state index is 9.61. The van der Waals surface area contributed by atoms with E-state index in [1.54, 1.807) is 0 Å². The molecule has 0 aromatic heterocycles. The van der Waals surface area contributed by atoms with Crippen molar-refractivity contribution in [2.24, 2.45) is 5.92 Å². The topological polar surface area (TPSA) is 20.2 Å². The van der Waals surface area contributed by atoms with Crippen LogP contribution in [0.1, 0.15) is 32.6 Å². The Morgan fingerprint density at radius 1 is 1.70 bits per heavy atom. The van der Waals surface area contributed by atoms with Gasteiger partial charge in [0.15, 0.2) is 0 Å². The molecule has 0 saturated heterocycles. The molecule has 1 heteroatoms. The zero-order valence-electron chi connectivity index (χ0n) is 6.43. The van der Waals surface area contributed by atoms with Gasteiger partial charge >= 0.3 is 0 Å². The summed E-state index contributed by atoms with van der Waals surface area (Å²) in [6.07, 6.45) is 9.05. The molecular formula is C9H14O. The lowest BCUT2D eigenvalue weighted by Gasteiger charge is -2.30. The molecule has 0 bridgehead atoms. The smallest absolute Gasteiger partial charge is 0.125 e. The Morgan fingerprint density at radius 3 is 2.80 bits per heavy atom. The first-order chi connectivity index (χ1) is 4.66. The Hall–Kier alpha value is -0.480. The number of hydrogen-bond donors (Lipinski definition) is 1. The van der Waals surface area contributed by atoms with E-state index in [0.29, 0.717) is 5.92 Å². The standard InChI is InChI=1S/C9H14O/c1-3-9(10)6-4-5-8(2)7-9/h1,8,10H,4-7H2,2H3/t8-,9+/m1/s1. The highest BCUT2D eigenvalue weighted by Gasteiger charge is 2.29. The van der Waals surface area contributed by atoms with Crippen molar-refractivity contribution in [3.63, 3.8) is 0 Å². The third-order valence-electron chi connectivity index (χ3n) is 2.24. The Bertz CT molecular complexity index is 157. The van der Waals surface area contributed by atoms with E-state index in [1.165, 1.54) is 6.42 Å². The second kappa shape index (κ2) is 2.64. The maximum absolute atomic E-state index is 9.61. The highest BCUT2D eigenvalue weighted by molar-refractivity contribution is 5.08. The minimum atomic E-state index is -0.780. The normalized spacial score (nSPS) is 40.7. The van der Waals surface area contributed by atoms with Gasteiger partial charge in [0.05, 0.1) is 0 Å². The maximum Gasteiger partial charge on any atom is 0.125 e. The summed E-state index contributed by atoms with van der Waals surface area (Å²) in [5.41, 5.74) is -0.780. The van der Waals surface area contributed by atoms with E-state index in [9.17, 15) is 5.11 Å². The fraction of sp³-hybridized carbons (Fsp3) is 0.778. The molecule has 0 heterocycles. The summed E-state index contributed by atoms with van der Waals surface area (Å²) >= 11 is 0. The molecule has 10 heavy (non-hydrogen) atoms. The summed E-state index contributed by atoms with van der Waals surface area (Å²) in [6, 6.07) is 0. The van der Waals surface area contributed by atoms with Crippen LogP contribution < -0.4 is 0 Å². The van der Waals surface area contributed by atoms with Crippen LogP contribution in [-0.4, -0.2) is 10.7 Å². The predicted molar refractivity (Wildman–Crippen MR) is 41.4 cm³/mol. The monoisotopic (exact) mass is 138 g/mol. The molecule has 1 saturated carbocycles. The largest absolute Gasteiger partial charge is 0.378 e. The first-order valence-electron chi connectivity index (χ1n) is 3.86. The Kier molecular flexibility index (Phi) is 2.01. The summed E-state index contributed by atoms with van der Waals surface area (Å²) in [6.45, 7) is 2.14. The van der Waals surface area contributed by atoms with E-state index in [4.69, 9.17) is 6.42 Å². The SMILES string of the molecule is C#C[C@]1(O)CCC[C@@H](C)C1. The number of terminal acetylenes is 1. The van der Waals surface area contributed by atoms with E-state index in [0.717, 1.165) is 19.3 Å². The lowest BCUT2D eigenvalue weighted by molar-refractivity contribution is 0.0412. The Morgan fingerprint density at radius 2 is 2.40 bits per heavy atom. The van der Waals surface area contributed by atoms with Gasteiger partial charge in [-0.1, -0.05) is 19.3 Å².